The maximum absolute atomic E-state index is 8.85. The van der Waals surface area contributed by atoms with Crippen LogP contribution in [-0.4, -0.2) is 0 Å². The third kappa shape index (κ3) is 3.70. The largest absolute Gasteiger partial charge is 0.0616 e. The Morgan fingerprint density at radius 2 is 1.12 bits per heavy atom. The maximum atomic E-state index is 8.85. The Morgan fingerprint density at radius 3 is 1.71 bits per heavy atom. The first-order valence-electron chi connectivity index (χ1n) is 10.9. The molecule has 0 aromatic heterocycles. The average Bonchev–Trinajstić information content (AvgIpc) is 2.83. The van der Waals surface area contributed by atoms with Gasteiger partial charge in [-0.2, -0.15) is 0 Å². The predicted molar refractivity (Wildman–Crippen MR) is 139 cm³/mol. The first-order chi connectivity index (χ1) is 16.6. The van der Waals surface area contributed by atoms with Gasteiger partial charge in [0, 0.05) is 21.2 Å². The molecule has 0 unspecified atom stereocenters. The lowest BCUT2D eigenvalue weighted by atomic mass is 9.85. The molecule has 5 aromatic rings. The second-order valence-corrected chi connectivity index (χ2v) is 8.29. The molecular weight excluding hydrogens is 420 g/mol. The van der Waals surface area contributed by atoms with E-state index in [0.29, 0.717) is 11.4 Å². The molecule has 0 aliphatic heterocycles. The zero-order chi connectivity index (χ0) is 23.7. The zero-order valence-corrected chi connectivity index (χ0v) is 18.8. The van der Waals surface area contributed by atoms with Gasteiger partial charge >= 0.3 is 0 Å². The second-order valence-electron chi connectivity index (χ2n) is 8.29. The van der Waals surface area contributed by atoms with Crippen molar-refractivity contribution in [2.24, 2.45) is 10.2 Å². The summed E-state index contributed by atoms with van der Waals surface area (Å²) in [6, 6.07) is 28.7. The first-order valence-corrected chi connectivity index (χ1v) is 10.9. The quantitative estimate of drug-likeness (QED) is 0.115. The number of nitrogens with zero attached hydrogens (tertiary/aromatic N) is 6. The van der Waals surface area contributed by atoms with Crippen LogP contribution in [0.3, 0.4) is 0 Å². The highest BCUT2D eigenvalue weighted by Gasteiger charge is 2.16. The molecule has 0 atom stereocenters. The number of azide groups is 2. The molecule has 0 aliphatic carbocycles. The molecule has 0 amide bonds. The summed E-state index contributed by atoms with van der Waals surface area (Å²) < 4.78 is 0. The molecule has 0 radical (unpaired) electrons. The molecular formula is C28H20N6. The van der Waals surface area contributed by atoms with E-state index in [1.54, 1.807) is 0 Å². The van der Waals surface area contributed by atoms with E-state index in [9.17, 15) is 0 Å². The Hall–Kier alpha value is -4.76. The zero-order valence-electron chi connectivity index (χ0n) is 18.8. The lowest BCUT2D eigenvalue weighted by Gasteiger charge is -2.18. The van der Waals surface area contributed by atoms with Gasteiger partial charge in [-0.05, 0) is 104 Å². The van der Waals surface area contributed by atoms with Crippen molar-refractivity contribution in [3.05, 3.63) is 117 Å². The molecule has 0 aliphatic rings. The fourth-order valence-corrected chi connectivity index (χ4v) is 4.63. The average molecular weight is 441 g/mol. The second kappa shape index (κ2) is 8.64. The van der Waals surface area contributed by atoms with Gasteiger partial charge in [0.25, 0.3) is 0 Å². The molecule has 0 saturated heterocycles. The summed E-state index contributed by atoms with van der Waals surface area (Å²) in [5.74, 6) is 0. The summed E-state index contributed by atoms with van der Waals surface area (Å²) in [7, 11) is 0. The van der Waals surface area contributed by atoms with Crippen LogP contribution >= 0.6 is 0 Å². The summed E-state index contributed by atoms with van der Waals surface area (Å²) in [5.41, 5.74) is 25.2. The van der Waals surface area contributed by atoms with Crippen molar-refractivity contribution in [1.29, 1.82) is 0 Å². The molecule has 34 heavy (non-hydrogen) atoms. The van der Waals surface area contributed by atoms with E-state index in [-0.39, 0.29) is 0 Å². The highest BCUT2D eigenvalue weighted by molar-refractivity contribution is 6.10. The molecule has 0 spiro atoms. The van der Waals surface area contributed by atoms with Gasteiger partial charge in [0.2, 0.25) is 0 Å². The van der Waals surface area contributed by atoms with Crippen molar-refractivity contribution in [2.75, 3.05) is 0 Å². The lowest BCUT2D eigenvalue weighted by Crippen LogP contribution is -1.92. The molecule has 5 rings (SSSR count). The van der Waals surface area contributed by atoms with E-state index >= 15 is 0 Å². The van der Waals surface area contributed by atoms with Crippen LogP contribution in [0.25, 0.3) is 64.7 Å². The maximum Gasteiger partial charge on any atom is 0.0378 e. The van der Waals surface area contributed by atoms with E-state index in [1.807, 2.05) is 50.2 Å². The summed E-state index contributed by atoms with van der Waals surface area (Å²) in [6.07, 6.45) is 0. The number of rotatable bonds is 4. The molecule has 5 aromatic carbocycles. The Morgan fingerprint density at radius 1 is 0.559 bits per heavy atom. The van der Waals surface area contributed by atoms with E-state index in [1.165, 1.54) is 10.8 Å². The van der Waals surface area contributed by atoms with Crippen LogP contribution in [0, 0.1) is 13.8 Å². The normalized spacial score (nSPS) is 10.6. The van der Waals surface area contributed by atoms with Crippen molar-refractivity contribution in [2.45, 2.75) is 13.8 Å². The molecule has 162 valence electrons. The van der Waals surface area contributed by atoms with Gasteiger partial charge < -0.3 is 0 Å². The number of aryl methyl sites for hydroxylation is 2. The van der Waals surface area contributed by atoms with Gasteiger partial charge in [0.1, 0.15) is 0 Å². The first kappa shape index (κ1) is 21.1. The Labute approximate surface area is 196 Å². The van der Waals surface area contributed by atoms with E-state index in [2.05, 4.69) is 68.6 Å². The number of fused-ring (bicyclic) bond motifs is 2. The Bertz CT molecular complexity index is 1690. The van der Waals surface area contributed by atoms with Gasteiger partial charge in [-0.1, -0.05) is 70.9 Å². The molecule has 6 heteroatoms. The smallest absolute Gasteiger partial charge is 0.0378 e. The van der Waals surface area contributed by atoms with Crippen LogP contribution in [0.5, 0.6) is 0 Å². The lowest BCUT2D eigenvalue weighted by molar-refractivity contribution is 1.39. The van der Waals surface area contributed by atoms with Gasteiger partial charge in [-0.25, -0.2) is 0 Å². The van der Waals surface area contributed by atoms with Gasteiger partial charge in [-0.15, -0.1) is 0 Å². The van der Waals surface area contributed by atoms with E-state index in [4.69, 9.17) is 11.1 Å². The number of hydrogen-bond donors (Lipinski definition) is 0. The SMILES string of the molecule is Cc1cc(N=[N+]=[N-])ccc1-c1ccc2cc3ccccc3cc2c1-c1ccc(N=[N+]=[N-])cc1C. The minimum absolute atomic E-state index is 0.589. The third-order valence-corrected chi connectivity index (χ3v) is 6.19. The molecule has 0 heterocycles. The van der Waals surface area contributed by atoms with Crippen LogP contribution in [-0.2, 0) is 0 Å². The van der Waals surface area contributed by atoms with Crippen molar-refractivity contribution in [1.82, 2.24) is 0 Å². The highest BCUT2D eigenvalue weighted by atomic mass is 15.1. The van der Waals surface area contributed by atoms with Crippen molar-refractivity contribution in [3.63, 3.8) is 0 Å². The van der Waals surface area contributed by atoms with Crippen molar-refractivity contribution >= 4 is 32.9 Å². The monoisotopic (exact) mass is 440 g/mol. The Kier molecular flexibility index (Phi) is 5.36. The van der Waals surface area contributed by atoms with Gasteiger partial charge in [-0.3, -0.25) is 0 Å². The molecule has 6 nitrogen and oxygen atoms in total. The number of benzene rings is 5. The fourth-order valence-electron chi connectivity index (χ4n) is 4.63. The summed E-state index contributed by atoms with van der Waals surface area (Å²) >= 11 is 0. The number of hydrogen-bond acceptors (Lipinski definition) is 2. The topological polar surface area (TPSA) is 97.5 Å². The highest BCUT2D eigenvalue weighted by Crippen LogP contribution is 2.43. The van der Waals surface area contributed by atoms with E-state index in [0.717, 1.165) is 44.2 Å². The minimum Gasteiger partial charge on any atom is -0.0616 e. The fraction of sp³-hybridized carbons (Fsp3) is 0.0714. The summed E-state index contributed by atoms with van der Waals surface area (Å²) in [4.78, 5) is 5.83. The van der Waals surface area contributed by atoms with E-state index < -0.39 is 0 Å². The molecule has 0 bridgehead atoms. The molecule has 0 N–H and O–H groups in total. The third-order valence-electron chi connectivity index (χ3n) is 6.19. The van der Waals surface area contributed by atoms with Crippen LogP contribution in [0.1, 0.15) is 11.1 Å². The van der Waals surface area contributed by atoms with Crippen LogP contribution in [0.15, 0.2) is 95.2 Å². The van der Waals surface area contributed by atoms with Crippen LogP contribution < -0.4 is 0 Å². The summed E-state index contributed by atoms with van der Waals surface area (Å²) in [6.45, 7) is 4.06. The van der Waals surface area contributed by atoms with Crippen LogP contribution in [0.4, 0.5) is 11.4 Å². The molecule has 0 fully saturated rings. The summed E-state index contributed by atoms with van der Waals surface area (Å²) in [5, 5.41) is 12.2. The van der Waals surface area contributed by atoms with Crippen LogP contribution in [0.2, 0.25) is 0 Å². The van der Waals surface area contributed by atoms with Crippen molar-refractivity contribution < 1.29 is 0 Å². The molecule has 0 saturated carbocycles. The van der Waals surface area contributed by atoms with Gasteiger partial charge in [0.05, 0.1) is 0 Å². The van der Waals surface area contributed by atoms with Gasteiger partial charge in [0.15, 0.2) is 0 Å². The predicted octanol–water partition coefficient (Wildman–Crippen LogP) is 9.83. The Balaban J connectivity index is 1.87. The minimum atomic E-state index is 0.589. The van der Waals surface area contributed by atoms with Crippen molar-refractivity contribution in [3.8, 4) is 22.3 Å². The standard InChI is InChI=1S/C28H20N6/c1-17-13-22(31-33-29)8-11-24(17)26-10-7-21-15-19-5-3-4-6-20(19)16-27(21)28(26)25-12-9-23(32-34-30)14-18(25)2/h3-16H,1-2H3.